The van der Waals surface area contributed by atoms with Crippen LogP contribution in [0.2, 0.25) is 0 Å². The van der Waals surface area contributed by atoms with Gasteiger partial charge in [0.05, 0.1) is 14.2 Å². The van der Waals surface area contributed by atoms with Gasteiger partial charge in [-0.15, -0.1) is 0 Å². The van der Waals surface area contributed by atoms with E-state index < -0.39 is 12.8 Å². The lowest BCUT2D eigenvalue weighted by Gasteiger charge is -2.15. The maximum atomic E-state index is 12.3. The number of nitrogens with one attached hydrogen (secondary N) is 2. The third kappa shape index (κ3) is 7.44. The number of hydrogen-bond acceptors (Lipinski definition) is 4. The number of nitrogens with zero attached hydrogens (tertiary/aromatic N) is 1. The van der Waals surface area contributed by atoms with Crippen molar-refractivity contribution in [3.8, 4) is 17.2 Å². The summed E-state index contributed by atoms with van der Waals surface area (Å²) in [6.07, 6.45) is -4.41. The first-order valence-electron chi connectivity index (χ1n) is 8.78. The Hall–Kier alpha value is -3.10. The van der Waals surface area contributed by atoms with Gasteiger partial charge in [-0.05, 0) is 35.4 Å². The molecule has 0 aliphatic heterocycles. The standard InChI is InChI=1S/C20H24F3N3O3/c1-24-19(25-11-14-4-7-16(27-2)8-5-14)26-12-15-6-9-17(18(10-15)28-3)29-13-20(21,22)23/h4-10H,11-13H2,1-3H3,(H2,24,25,26). The predicted molar refractivity (Wildman–Crippen MR) is 105 cm³/mol. The van der Waals surface area contributed by atoms with Crippen LogP contribution in [-0.2, 0) is 13.1 Å². The zero-order chi connectivity index (χ0) is 21.3. The van der Waals surface area contributed by atoms with Gasteiger partial charge in [0.2, 0.25) is 0 Å². The van der Waals surface area contributed by atoms with E-state index in [2.05, 4.69) is 15.6 Å². The van der Waals surface area contributed by atoms with Gasteiger partial charge in [-0.3, -0.25) is 4.99 Å². The molecule has 0 saturated heterocycles. The molecule has 9 heteroatoms. The third-order valence-corrected chi connectivity index (χ3v) is 3.92. The maximum Gasteiger partial charge on any atom is 0.422 e. The van der Waals surface area contributed by atoms with E-state index in [0.29, 0.717) is 19.0 Å². The summed E-state index contributed by atoms with van der Waals surface area (Å²) in [6, 6.07) is 12.4. The molecule has 2 N–H and O–H groups in total. The van der Waals surface area contributed by atoms with Crippen LogP contribution >= 0.6 is 0 Å². The SMILES string of the molecule is CN=C(NCc1ccc(OC)cc1)NCc1ccc(OCC(F)(F)F)c(OC)c1. The Morgan fingerprint density at radius 3 is 2.07 bits per heavy atom. The lowest BCUT2D eigenvalue weighted by Crippen LogP contribution is -2.36. The van der Waals surface area contributed by atoms with E-state index in [9.17, 15) is 13.2 Å². The first kappa shape index (κ1) is 22.2. The summed E-state index contributed by atoms with van der Waals surface area (Å²) in [5.74, 6) is 1.63. The van der Waals surface area contributed by atoms with Gasteiger partial charge in [0, 0.05) is 20.1 Å². The van der Waals surface area contributed by atoms with E-state index in [1.54, 1.807) is 26.3 Å². The molecule has 0 radical (unpaired) electrons. The minimum Gasteiger partial charge on any atom is -0.497 e. The number of rotatable bonds is 8. The molecule has 0 spiro atoms. The van der Waals surface area contributed by atoms with Crippen molar-refractivity contribution < 1.29 is 27.4 Å². The van der Waals surface area contributed by atoms with Crippen molar-refractivity contribution in [1.82, 2.24) is 10.6 Å². The number of guanidine groups is 1. The van der Waals surface area contributed by atoms with Gasteiger partial charge in [-0.1, -0.05) is 18.2 Å². The van der Waals surface area contributed by atoms with Crippen molar-refractivity contribution in [1.29, 1.82) is 0 Å². The van der Waals surface area contributed by atoms with Gasteiger partial charge >= 0.3 is 6.18 Å². The fourth-order valence-electron chi connectivity index (χ4n) is 2.44. The zero-order valence-corrected chi connectivity index (χ0v) is 16.5. The smallest absolute Gasteiger partial charge is 0.422 e. The first-order chi connectivity index (χ1) is 13.8. The van der Waals surface area contributed by atoms with Gasteiger partial charge in [0.25, 0.3) is 0 Å². The Labute approximate surface area is 167 Å². The van der Waals surface area contributed by atoms with Gasteiger partial charge in [0.15, 0.2) is 24.1 Å². The molecule has 29 heavy (non-hydrogen) atoms. The second kappa shape index (κ2) is 10.4. The van der Waals surface area contributed by atoms with Crippen LogP contribution < -0.4 is 24.8 Å². The summed E-state index contributed by atoms with van der Waals surface area (Å²) in [7, 11) is 4.64. The highest BCUT2D eigenvalue weighted by Crippen LogP contribution is 2.29. The Kier molecular flexibility index (Phi) is 7.99. The molecular formula is C20H24F3N3O3. The monoisotopic (exact) mass is 411 g/mol. The van der Waals surface area contributed by atoms with E-state index in [-0.39, 0.29) is 11.5 Å². The molecule has 0 fully saturated rings. The molecule has 2 rings (SSSR count). The van der Waals surface area contributed by atoms with Crippen LogP contribution in [0.15, 0.2) is 47.5 Å². The van der Waals surface area contributed by atoms with Crippen molar-refractivity contribution in [3.63, 3.8) is 0 Å². The van der Waals surface area contributed by atoms with E-state index in [1.165, 1.54) is 13.2 Å². The fourth-order valence-corrected chi connectivity index (χ4v) is 2.44. The number of hydrogen-bond donors (Lipinski definition) is 2. The van der Waals surface area contributed by atoms with Crippen LogP contribution in [0.1, 0.15) is 11.1 Å². The van der Waals surface area contributed by atoms with Crippen LogP contribution in [0.3, 0.4) is 0 Å². The Balaban J connectivity index is 1.90. The van der Waals surface area contributed by atoms with E-state index in [0.717, 1.165) is 16.9 Å². The van der Waals surface area contributed by atoms with Crippen molar-refractivity contribution in [2.24, 2.45) is 4.99 Å². The Bertz CT molecular complexity index is 809. The lowest BCUT2D eigenvalue weighted by molar-refractivity contribution is -0.153. The number of benzene rings is 2. The summed E-state index contributed by atoms with van der Waals surface area (Å²) >= 11 is 0. The molecule has 158 valence electrons. The van der Waals surface area contributed by atoms with Crippen LogP contribution in [-0.4, -0.2) is 40.0 Å². The molecule has 2 aromatic rings. The number of ether oxygens (including phenoxy) is 3. The van der Waals surface area contributed by atoms with Crippen molar-refractivity contribution in [3.05, 3.63) is 53.6 Å². The highest BCUT2D eigenvalue weighted by molar-refractivity contribution is 5.79. The van der Waals surface area contributed by atoms with Crippen molar-refractivity contribution in [2.75, 3.05) is 27.9 Å². The molecule has 0 aromatic heterocycles. The topological polar surface area (TPSA) is 64.1 Å². The average Bonchev–Trinajstić information content (AvgIpc) is 2.72. The minimum atomic E-state index is -4.41. The van der Waals surface area contributed by atoms with Gasteiger partial charge in [-0.2, -0.15) is 13.2 Å². The molecule has 0 aliphatic rings. The largest absolute Gasteiger partial charge is 0.497 e. The van der Waals surface area contributed by atoms with Crippen molar-refractivity contribution in [2.45, 2.75) is 19.3 Å². The Morgan fingerprint density at radius 1 is 0.897 bits per heavy atom. The molecule has 0 amide bonds. The van der Waals surface area contributed by atoms with Crippen LogP contribution in [0.25, 0.3) is 0 Å². The van der Waals surface area contributed by atoms with Crippen molar-refractivity contribution >= 4 is 5.96 Å². The second-order valence-electron chi connectivity index (χ2n) is 6.02. The molecule has 0 heterocycles. The summed E-state index contributed by atoms with van der Waals surface area (Å²) in [4.78, 5) is 4.16. The highest BCUT2D eigenvalue weighted by atomic mass is 19.4. The number of halogens is 3. The predicted octanol–water partition coefficient (Wildman–Crippen LogP) is 3.51. The number of alkyl halides is 3. The molecule has 2 aromatic carbocycles. The van der Waals surface area contributed by atoms with Gasteiger partial charge < -0.3 is 24.8 Å². The fraction of sp³-hybridized carbons (Fsp3) is 0.350. The second-order valence-corrected chi connectivity index (χ2v) is 6.02. The minimum absolute atomic E-state index is 0.0376. The van der Waals surface area contributed by atoms with Gasteiger partial charge in [-0.25, -0.2) is 0 Å². The van der Waals surface area contributed by atoms with Crippen LogP contribution in [0, 0.1) is 0 Å². The molecule has 0 bridgehead atoms. The van der Waals surface area contributed by atoms with Crippen LogP contribution in [0.5, 0.6) is 17.2 Å². The third-order valence-electron chi connectivity index (χ3n) is 3.92. The highest BCUT2D eigenvalue weighted by Gasteiger charge is 2.29. The number of aliphatic imine (C=N–C) groups is 1. The maximum absolute atomic E-state index is 12.3. The first-order valence-corrected chi connectivity index (χ1v) is 8.78. The molecule has 0 saturated carbocycles. The molecular weight excluding hydrogens is 387 g/mol. The zero-order valence-electron chi connectivity index (χ0n) is 16.5. The van der Waals surface area contributed by atoms with Gasteiger partial charge in [0.1, 0.15) is 5.75 Å². The number of methoxy groups -OCH3 is 2. The molecule has 0 aliphatic carbocycles. The molecule has 0 atom stereocenters. The van der Waals surface area contributed by atoms with Crippen LogP contribution in [0.4, 0.5) is 13.2 Å². The quantitative estimate of drug-likeness (QED) is 0.514. The molecule has 0 unspecified atom stereocenters. The van der Waals surface area contributed by atoms with E-state index >= 15 is 0 Å². The summed E-state index contributed by atoms with van der Waals surface area (Å²) in [5.41, 5.74) is 1.86. The Morgan fingerprint density at radius 2 is 1.52 bits per heavy atom. The lowest BCUT2D eigenvalue weighted by atomic mass is 10.2. The normalized spacial score (nSPS) is 11.7. The van der Waals surface area contributed by atoms with E-state index in [1.807, 2.05) is 24.3 Å². The van der Waals surface area contributed by atoms with E-state index in [4.69, 9.17) is 14.2 Å². The summed E-state index contributed by atoms with van der Waals surface area (Å²) < 4.78 is 52.1. The molecule has 6 nitrogen and oxygen atoms in total. The summed E-state index contributed by atoms with van der Waals surface area (Å²) in [6.45, 7) is -0.404. The summed E-state index contributed by atoms with van der Waals surface area (Å²) in [5, 5.41) is 6.33. The average molecular weight is 411 g/mol.